The van der Waals surface area contributed by atoms with Crippen molar-refractivity contribution in [3.05, 3.63) is 42.6 Å². The molecular weight excluding hydrogens is 268 g/mol. The molecule has 3 heterocycles. The van der Waals surface area contributed by atoms with Crippen LogP contribution in [-0.4, -0.2) is 47.0 Å². The highest BCUT2D eigenvalue weighted by Gasteiger charge is 2.12. The van der Waals surface area contributed by atoms with Crippen LogP contribution < -0.4 is 15.5 Å². The fourth-order valence-corrected chi connectivity index (χ4v) is 2.15. The van der Waals surface area contributed by atoms with E-state index in [1.54, 1.807) is 6.20 Å². The molecule has 1 saturated heterocycles. The summed E-state index contributed by atoms with van der Waals surface area (Å²) >= 11 is 0. The number of pyridine rings is 1. The molecule has 0 aromatic carbocycles. The van der Waals surface area contributed by atoms with Gasteiger partial charge in [0, 0.05) is 38.6 Å². The molecule has 1 amide bonds. The van der Waals surface area contributed by atoms with Crippen LogP contribution >= 0.6 is 0 Å². The lowest BCUT2D eigenvalue weighted by molar-refractivity contribution is 0.102. The van der Waals surface area contributed by atoms with Crippen LogP contribution in [0, 0.1) is 0 Å². The number of carbonyl (C=O) groups is 1. The molecule has 21 heavy (non-hydrogen) atoms. The molecule has 0 unspecified atom stereocenters. The van der Waals surface area contributed by atoms with Gasteiger partial charge in [-0.05, 0) is 12.1 Å². The van der Waals surface area contributed by atoms with Crippen molar-refractivity contribution < 1.29 is 4.79 Å². The minimum absolute atomic E-state index is 0.281. The molecule has 0 radical (unpaired) electrons. The van der Waals surface area contributed by atoms with Crippen LogP contribution in [0.2, 0.25) is 0 Å². The number of nitrogens with zero attached hydrogens (tertiary/aromatic N) is 4. The summed E-state index contributed by atoms with van der Waals surface area (Å²) in [5, 5.41) is 6.05. The van der Waals surface area contributed by atoms with Crippen molar-refractivity contribution in [3.8, 4) is 0 Å². The number of piperazine rings is 1. The first-order valence-electron chi connectivity index (χ1n) is 6.82. The van der Waals surface area contributed by atoms with E-state index in [1.165, 1.54) is 18.6 Å². The third-order valence-corrected chi connectivity index (χ3v) is 3.24. The second-order valence-corrected chi connectivity index (χ2v) is 4.69. The highest BCUT2D eigenvalue weighted by molar-refractivity contribution is 6.02. The van der Waals surface area contributed by atoms with E-state index >= 15 is 0 Å². The van der Waals surface area contributed by atoms with E-state index in [-0.39, 0.29) is 11.6 Å². The Bertz CT molecular complexity index is 595. The van der Waals surface area contributed by atoms with Crippen molar-refractivity contribution in [2.75, 3.05) is 36.4 Å². The number of carbonyl (C=O) groups excluding carboxylic acids is 1. The van der Waals surface area contributed by atoms with Gasteiger partial charge in [0.25, 0.3) is 5.91 Å². The van der Waals surface area contributed by atoms with Gasteiger partial charge in [0.2, 0.25) is 0 Å². The van der Waals surface area contributed by atoms with E-state index < -0.39 is 0 Å². The molecule has 0 saturated carbocycles. The molecule has 1 aliphatic heterocycles. The van der Waals surface area contributed by atoms with Gasteiger partial charge in [-0.2, -0.15) is 0 Å². The first-order chi connectivity index (χ1) is 10.3. The number of aromatic nitrogens is 3. The van der Waals surface area contributed by atoms with Crippen LogP contribution in [0.1, 0.15) is 10.5 Å². The van der Waals surface area contributed by atoms with E-state index in [2.05, 4.69) is 30.5 Å². The van der Waals surface area contributed by atoms with Gasteiger partial charge < -0.3 is 15.5 Å². The fourth-order valence-electron chi connectivity index (χ4n) is 2.15. The maximum Gasteiger partial charge on any atom is 0.275 e. The number of hydrogen-bond donors (Lipinski definition) is 2. The summed E-state index contributed by atoms with van der Waals surface area (Å²) in [4.78, 5) is 26.4. The molecule has 7 nitrogen and oxygen atoms in total. The predicted octanol–water partition coefficient (Wildman–Crippen LogP) is 0.533. The van der Waals surface area contributed by atoms with Gasteiger partial charge in [-0.15, -0.1) is 0 Å². The number of rotatable bonds is 3. The zero-order valence-corrected chi connectivity index (χ0v) is 11.5. The van der Waals surface area contributed by atoms with Gasteiger partial charge in [0.1, 0.15) is 11.5 Å². The Morgan fingerprint density at radius 2 is 2.00 bits per heavy atom. The molecule has 7 heteroatoms. The monoisotopic (exact) mass is 284 g/mol. The third kappa shape index (κ3) is 3.32. The Kier molecular flexibility index (Phi) is 4.02. The molecule has 2 aromatic rings. The number of nitrogens with one attached hydrogen (secondary N) is 2. The number of amides is 1. The van der Waals surface area contributed by atoms with E-state index in [4.69, 9.17) is 0 Å². The van der Waals surface area contributed by atoms with Gasteiger partial charge in [-0.25, -0.2) is 9.97 Å². The summed E-state index contributed by atoms with van der Waals surface area (Å²) < 4.78 is 0. The zero-order valence-electron chi connectivity index (χ0n) is 11.5. The standard InChI is InChI=1S/C14H16N6O/c21-14(12-10-16-3-4-17-12)19-11-1-2-13(18-9-11)20-7-5-15-6-8-20/h1-4,9-10,15H,5-8H2,(H,19,21). The lowest BCUT2D eigenvalue weighted by Gasteiger charge is -2.28. The Hall–Kier alpha value is -2.54. The molecule has 2 aromatic heterocycles. The minimum Gasteiger partial charge on any atom is -0.354 e. The quantitative estimate of drug-likeness (QED) is 0.855. The molecule has 0 atom stereocenters. The predicted molar refractivity (Wildman–Crippen MR) is 79.3 cm³/mol. The highest BCUT2D eigenvalue weighted by Crippen LogP contribution is 2.15. The normalized spacial score (nSPS) is 14.8. The molecule has 0 aliphatic carbocycles. The summed E-state index contributed by atoms with van der Waals surface area (Å²) in [6.07, 6.45) is 6.10. The second-order valence-electron chi connectivity index (χ2n) is 4.69. The zero-order chi connectivity index (χ0) is 14.5. The van der Waals surface area contributed by atoms with Crippen molar-refractivity contribution >= 4 is 17.4 Å². The average molecular weight is 284 g/mol. The maximum atomic E-state index is 11.9. The third-order valence-electron chi connectivity index (χ3n) is 3.24. The minimum atomic E-state index is -0.292. The molecule has 0 spiro atoms. The Labute approximate surface area is 122 Å². The lowest BCUT2D eigenvalue weighted by Crippen LogP contribution is -2.43. The molecule has 0 bridgehead atoms. The van der Waals surface area contributed by atoms with Crippen LogP contribution in [0.4, 0.5) is 11.5 Å². The highest BCUT2D eigenvalue weighted by atomic mass is 16.1. The van der Waals surface area contributed by atoms with Crippen LogP contribution in [0.25, 0.3) is 0 Å². The Balaban J connectivity index is 1.65. The first-order valence-corrected chi connectivity index (χ1v) is 6.82. The molecule has 3 rings (SSSR count). The first kappa shape index (κ1) is 13.4. The fraction of sp³-hybridized carbons (Fsp3) is 0.286. The van der Waals surface area contributed by atoms with Crippen LogP contribution in [-0.2, 0) is 0 Å². The van der Waals surface area contributed by atoms with Gasteiger partial charge in [0.15, 0.2) is 0 Å². The van der Waals surface area contributed by atoms with Gasteiger partial charge >= 0.3 is 0 Å². The van der Waals surface area contributed by atoms with Gasteiger partial charge in [-0.3, -0.25) is 9.78 Å². The molecule has 2 N–H and O–H groups in total. The Morgan fingerprint density at radius 1 is 1.14 bits per heavy atom. The van der Waals surface area contributed by atoms with Crippen molar-refractivity contribution in [1.82, 2.24) is 20.3 Å². The van der Waals surface area contributed by atoms with Crippen LogP contribution in [0.15, 0.2) is 36.9 Å². The summed E-state index contributed by atoms with van der Waals surface area (Å²) in [6, 6.07) is 3.76. The van der Waals surface area contributed by atoms with Gasteiger partial charge in [-0.1, -0.05) is 0 Å². The molecule has 1 aliphatic rings. The molecular formula is C14H16N6O. The van der Waals surface area contributed by atoms with Crippen molar-refractivity contribution in [2.45, 2.75) is 0 Å². The smallest absolute Gasteiger partial charge is 0.275 e. The average Bonchev–Trinajstić information content (AvgIpc) is 2.57. The number of hydrogen-bond acceptors (Lipinski definition) is 6. The SMILES string of the molecule is O=C(Nc1ccc(N2CCNCC2)nc1)c1cnccn1. The number of anilines is 2. The van der Waals surface area contributed by atoms with Crippen LogP contribution in [0.3, 0.4) is 0 Å². The van der Waals surface area contributed by atoms with Crippen LogP contribution in [0.5, 0.6) is 0 Å². The second kappa shape index (κ2) is 6.27. The van der Waals surface area contributed by atoms with E-state index in [0.29, 0.717) is 5.69 Å². The van der Waals surface area contributed by atoms with E-state index in [9.17, 15) is 4.79 Å². The Morgan fingerprint density at radius 3 is 2.67 bits per heavy atom. The summed E-state index contributed by atoms with van der Waals surface area (Å²) in [5.74, 6) is 0.633. The summed E-state index contributed by atoms with van der Waals surface area (Å²) in [7, 11) is 0. The van der Waals surface area contributed by atoms with Crippen molar-refractivity contribution in [3.63, 3.8) is 0 Å². The maximum absolute atomic E-state index is 11.9. The van der Waals surface area contributed by atoms with Crippen molar-refractivity contribution in [2.24, 2.45) is 0 Å². The summed E-state index contributed by atoms with van der Waals surface area (Å²) in [6.45, 7) is 3.82. The molecule has 108 valence electrons. The largest absolute Gasteiger partial charge is 0.354 e. The van der Waals surface area contributed by atoms with Crippen molar-refractivity contribution in [1.29, 1.82) is 0 Å². The topological polar surface area (TPSA) is 83.0 Å². The molecule has 1 fully saturated rings. The van der Waals surface area contributed by atoms with E-state index in [0.717, 1.165) is 32.0 Å². The summed E-state index contributed by atoms with van der Waals surface area (Å²) in [5.41, 5.74) is 0.924. The van der Waals surface area contributed by atoms with E-state index in [1.807, 2.05) is 12.1 Å². The van der Waals surface area contributed by atoms with Gasteiger partial charge in [0.05, 0.1) is 18.1 Å². The lowest BCUT2D eigenvalue weighted by atomic mass is 10.3.